The summed E-state index contributed by atoms with van der Waals surface area (Å²) >= 11 is -0.0247. The Bertz CT molecular complexity index is 3160. The van der Waals surface area contributed by atoms with Gasteiger partial charge in [-0.2, -0.15) is 5.10 Å². The van der Waals surface area contributed by atoms with E-state index in [2.05, 4.69) is 58.2 Å². The number of primary amides is 1. The van der Waals surface area contributed by atoms with Gasteiger partial charge in [0, 0.05) is 62.3 Å². The summed E-state index contributed by atoms with van der Waals surface area (Å²) in [6.07, 6.45) is -3.47. The van der Waals surface area contributed by atoms with Crippen molar-refractivity contribution in [3.63, 3.8) is 0 Å². The summed E-state index contributed by atoms with van der Waals surface area (Å²) in [5.74, 6) is -11.7. The number of amides is 8. The van der Waals surface area contributed by atoms with E-state index in [4.69, 9.17) is 19.6 Å². The Morgan fingerprint density at radius 3 is 2.11 bits per heavy atom. The molecule has 7 rings (SSSR count). The van der Waals surface area contributed by atoms with Crippen molar-refractivity contribution in [2.75, 3.05) is 19.6 Å². The molecule has 14 atom stereocenters. The monoisotopic (exact) mass is 1300 g/mol. The molecule has 2 aromatic heterocycles. The van der Waals surface area contributed by atoms with E-state index >= 15 is 0 Å². The number of β-amino-alcohol motifs (C(OH)–C–C–N with tert-alkyl or cyclic N) is 1. The summed E-state index contributed by atoms with van der Waals surface area (Å²) in [4.78, 5) is 115. The molecular formula is C57H78N12O21S. The molecule has 3 fully saturated rings. The van der Waals surface area contributed by atoms with Crippen molar-refractivity contribution < 1.29 is 102 Å². The summed E-state index contributed by atoms with van der Waals surface area (Å²) in [7, 11) is 0. The number of phenols is 1. The Kier molecular flexibility index (Phi) is 25.5. The lowest BCUT2D eigenvalue weighted by atomic mass is 9.96. The van der Waals surface area contributed by atoms with E-state index in [1.54, 1.807) is 17.1 Å². The number of aryl methyl sites for hydroxylation is 1. The van der Waals surface area contributed by atoms with Crippen molar-refractivity contribution in [3.8, 4) is 34.4 Å². The first kappa shape index (κ1) is 70.6. The molecule has 33 nitrogen and oxygen atoms in total. The quantitative estimate of drug-likeness (QED) is 0.0158. The number of aromatic hydroxyl groups is 1. The molecule has 0 saturated carbocycles. The standard InChI is InChI=1S/C57H78N12O21S/c1-4-5-6-7-8-9-10-11-18-67-26-33(23-60-67)55-66-65-54(87-55)31-14-12-30(13-15-31)49(79)61-36-20-34(71)24-59-53(83)45-46(76)28(2)25-69(45)57(85)43(39(74)22-41(58)75)63-52(82)44(48(78)47(77)32-16-17-38(73)40(19-32)88-91-90-89-86)64-51(81)37-21-35(72)27-68(37)56(84)42(29(3)70)62-50(36)80/h12-17,19,23,26,28-29,34-37,39,42-48,70-74,76-78,86H,4-11,18,20-22,24-25,27H2,1-3H3,(H2,58,75)(H,59,83)(H,61,79)(H,62,80)(H,63,82)(H,64,81)/t28?,29?,34?,35?,36-,37?,39?,42?,43?,44?,45?,46?,47?,48?/m0/s1. The number of carbonyl (C=O) groups is 8. The largest absolute Gasteiger partial charge is 0.504 e. The highest BCUT2D eigenvalue weighted by Gasteiger charge is 2.50. The number of fused-ring (bicyclic) bond motifs is 2. The SMILES string of the molecule is CCCCCCCCCCn1cc(-c2nnc(-c3ccc(C(=O)N[C@H]4CC(O)CNC(=O)C5C(O)C(C)CN5C(=O)C(C(O)CC(N)=O)NC(=O)C(C(O)C(O)c5ccc(O)c(OSOOO)c5)NC(=O)C5CC(O)CN5C(=O)C(C(C)O)NC4=O)cc3)o2)cn1. The summed E-state index contributed by atoms with van der Waals surface area (Å²) in [6, 6.07) is -3.71. The molecule has 498 valence electrons. The molecule has 3 aliphatic heterocycles. The minimum Gasteiger partial charge on any atom is -0.504 e. The van der Waals surface area contributed by atoms with Crippen molar-refractivity contribution in [3.05, 3.63) is 66.0 Å². The minimum atomic E-state index is -2.53. The van der Waals surface area contributed by atoms with Gasteiger partial charge in [0.05, 0.1) is 48.7 Å². The van der Waals surface area contributed by atoms with Crippen molar-refractivity contribution >= 4 is 59.6 Å². The first-order chi connectivity index (χ1) is 43.4. The van der Waals surface area contributed by atoms with E-state index in [0.717, 1.165) is 54.2 Å². The molecule has 16 N–H and O–H groups in total. The fourth-order valence-corrected chi connectivity index (χ4v) is 11.2. The van der Waals surface area contributed by atoms with Crippen molar-refractivity contribution in [1.82, 2.24) is 56.4 Å². The van der Waals surface area contributed by atoms with Gasteiger partial charge in [-0.25, -0.2) is 5.26 Å². The molecule has 91 heavy (non-hydrogen) atoms. The van der Waals surface area contributed by atoms with E-state index in [-0.39, 0.29) is 35.2 Å². The van der Waals surface area contributed by atoms with Crippen LogP contribution in [0.5, 0.6) is 11.5 Å². The second kappa shape index (κ2) is 32.9. The summed E-state index contributed by atoms with van der Waals surface area (Å²) in [5, 5.41) is 127. The Hall–Kier alpha value is -7.90. The van der Waals surface area contributed by atoms with Gasteiger partial charge in [-0.05, 0) is 55.3 Å². The van der Waals surface area contributed by atoms with Crippen LogP contribution in [0.2, 0.25) is 0 Å². The highest BCUT2D eigenvalue weighted by atomic mass is 32.2. The molecule has 4 aromatic rings. The molecule has 0 bridgehead atoms. The number of phenolic OH excluding ortho intramolecular Hbond substituents is 1. The molecule has 0 spiro atoms. The van der Waals surface area contributed by atoms with Crippen LogP contribution < -0.4 is 36.5 Å². The molecule has 3 aliphatic rings. The van der Waals surface area contributed by atoms with Gasteiger partial charge in [0.1, 0.15) is 48.5 Å². The summed E-state index contributed by atoms with van der Waals surface area (Å²) < 4.78 is 17.0. The zero-order valence-electron chi connectivity index (χ0n) is 50.0. The number of carbonyl (C=O) groups excluding carboxylic acids is 8. The lowest BCUT2D eigenvalue weighted by molar-refractivity contribution is -0.433. The van der Waals surface area contributed by atoms with Crippen molar-refractivity contribution in [1.29, 1.82) is 0 Å². The molecule has 3 saturated heterocycles. The maximum atomic E-state index is 14.7. The number of aliphatic hydroxyl groups is 7. The van der Waals surface area contributed by atoms with Gasteiger partial charge in [-0.3, -0.25) is 43.0 Å². The van der Waals surface area contributed by atoms with E-state index in [9.17, 15) is 79.2 Å². The fraction of sp³-hybridized carbons (Fsp3) is 0.561. The average molecular weight is 1300 g/mol. The van der Waals surface area contributed by atoms with Crippen LogP contribution in [0.1, 0.15) is 113 Å². The summed E-state index contributed by atoms with van der Waals surface area (Å²) in [5.41, 5.74) is 5.97. The Balaban J connectivity index is 1.17. The number of rotatable bonds is 24. The van der Waals surface area contributed by atoms with Gasteiger partial charge < -0.3 is 91.6 Å². The van der Waals surface area contributed by atoms with Crippen LogP contribution in [0.4, 0.5) is 0 Å². The molecule has 5 heterocycles. The van der Waals surface area contributed by atoms with Crippen LogP contribution in [-0.4, -0.2) is 216 Å². The maximum absolute atomic E-state index is 14.7. The number of hydrogen-bond acceptors (Lipinski definition) is 25. The highest BCUT2D eigenvalue weighted by molar-refractivity contribution is 7.90. The minimum absolute atomic E-state index is 0.0247. The number of unbranched alkanes of at least 4 members (excludes halogenated alkanes) is 7. The molecule has 34 heteroatoms. The number of aromatic nitrogens is 4. The normalized spacial score (nSPS) is 25.2. The second-order valence-corrected chi connectivity index (χ2v) is 23.2. The van der Waals surface area contributed by atoms with Crippen LogP contribution in [0, 0.1) is 5.92 Å². The Labute approximate surface area is 525 Å². The topological polar surface area (TPSA) is 496 Å². The van der Waals surface area contributed by atoms with Crippen LogP contribution in [0.25, 0.3) is 22.9 Å². The average Bonchev–Trinajstić information content (AvgIpc) is 1.91. The van der Waals surface area contributed by atoms with Gasteiger partial charge in [0.2, 0.25) is 47.2 Å². The molecule has 8 amide bonds. The van der Waals surface area contributed by atoms with Crippen molar-refractivity contribution in [2.45, 2.75) is 177 Å². The number of nitrogens with one attached hydrogen (secondary N) is 5. The molecular weight excluding hydrogens is 1220 g/mol. The van der Waals surface area contributed by atoms with Crippen LogP contribution in [0.3, 0.4) is 0 Å². The third-order valence-corrected chi connectivity index (χ3v) is 16.2. The van der Waals surface area contributed by atoms with Gasteiger partial charge >= 0.3 is 0 Å². The first-order valence-electron chi connectivity index (χ1n) is 29.7. The van der Waals surface area contributed by atoms with E-state index in [1.807, 2.05) is 0 Å². The summed E-state index contributed by atoms with van der Waals surface area (Å²) in [6.45, 7) is 3.56. The zero-order valence-corrected chi connectivity index (χ0v) is 50.8. The maximum Gasteiger partial charge on any atom is 0.261 e. The Morgan fingerprint density at radius 2 is 1.44 bits per heavy atom. The Morgan fingerprint density at radius 1 is 0.791 bits per heavy atom. The van der Waals surface area contributed by atoms with E-state index in [1.165, 1.54) is 63.3 Å². The predicted molar refractivity (Wildman–Crippen MR) is 315 cm³/mol. The van der Waals surface area contributed by atoms with Crippen LogP contribution in [0.15, 0.2) is 59.3 Å². The van der Waals surface area contributed by atoms with E-state index in [0.29, 0.717) is 17.7 Å². The number of benzene rings is 2. The number of nitrogens with zero attached hydrogens (tertiary/aromatic N) is 6. The van der Waals surface area contributed by atoms with Crippen LogP contribution >= 0.6 is 12.3 Å². The fourth-order valence-electron chi connectivity index (χ4n) is 10.9. The second-order valence-electron chi connectivity index (χ2n) is 22.8. The van der Waals surface area contributed by atoms with E-state index < -0.39 is 183 Å². The lowest BCUT2D eigenvalue weighted by Gasteiger charge is -2.34. The zero-order chi connectivity index (χ0) is 66.2. The smallest absolute Gasteiger partial charge is 0.261 e. The first-order valence-corrected chi connectivity index (χ1v) is 30.3. The van der Waals surface area contributed by atoms with Gasteiger partial charge in [0.25, 0.3) is 24.1 Å². The van der Waals surface area contributed by atoms with Crippen molar-refractivity contribution in [2.24, 2.45) is 11.7 Å². The van der Waals surface area contributed by atoms with Gasteiger partial charge in [-0.15, -0.1) is 10.2 Å². The molecule has 13 unspecified atom stereocenters. The number of nitrogens with two attached hydrogens (primary N) is 1. The highest BCUT2D eigenvalue weighted by Crippen LogP contribution is 2.34. The third-order valence-electron chi connectivity index (χ3n) is 15.9. The molecule has 2 aromatic carbocycles. The van der Waals surface area contributed by atoms with Crippen LogP contribution in [-0.2, 0) is 49.5 Å². The lowest BCUT2D eigenvalue weighted by Crippen LogP contribution is -2.64. The number of hydrogen-bond donors (Lipinski definition) is 15. The van der Waals surface area contributed by atoms with Gasteiger partial charge in [0.15, 0.2) is 11.5 Å². The molecule has 0 aliphatic carbocycles. The van der Waals surface area contributed by atoms with Gasteiger partial charge in [-0.1, -0.05) is 74.2 Å². The number of aliphatic hydroxyl groups excluding tert-OH is 7. The third kappa shape index (κ3) is 18.4. The predicted octanol–water partition coefficient (Wildman–Crippen LogP) is -1.88. The molecule has 0 radical (unpaired) electrons.